The number of amides is 3. The first-order valence-corrected chi connectivity index (χ1v) is 9.04. The maximum Gasteiger partial charge on any atom is 0.245 e. The van der Waals surface area contributed by atoms with Crippen LogP contribution in [-0.2, 0) is 20.8 Å². The van der Waals surface area contributed by atoms with Crippen LogP contribution in [0.15, 0.2) is 30.3 Å². The second kappa shape index (κ2) is 7.89. The zero-order chi connectivity index (χ0) is 19.5. The Kier molecular flexibility index (Phi) is 6.05. The summed E-state index contributed by atoms with van der Waals surface area (Å²) in [7, 11) is 1.60. The Morgan fingerprint density at radius 2 is 1.85 bits per heavy atom. The van der Waals surface area contributed by atoms with Crippen LogP contribution in [0.2, 0.25) is 0 Å². The number of carbonyl (C=O) groups is 3. The standard InChI is InChI=1S/C20H29N3O3/c1-20(2,3)19(26)23-12-8-11-15(23)18(25)22(4)16(17(21)24)13-14-9-6-5-7-10-14/h5-7,9-10,15-16H,8,11-13H2,1-4H3,(H2,21,24)/t15-,16-/m0/s1. The Balaban J connectivity index is 2.17. The molecule has 1 aromatic carbocycles. The maximum absolute atomic E-state index is 13.0. The second-order valence-electron chi connectivity index (χ2n) is 7.96. The molecule has 2 rings (SSSR count). The van der Waals surface area contributed by atoms with E-state index in [4.69, 9.17) is 5.73 Å². The molecule has 0 unspecified atom stereocenters. The molecule has 0 aromatic heterocycles. The van der Waals surface area contributed by atoms with Gasteiger partial charge >= 0.3 is 0 Å². The van der Waals surface area contributed by atoms with Gasteiger partial charge in [-0.05, 0) is 18.4 Å². The molecule has 1 aliphatic heterocycles. The number of likely N-dealkylation sites (tertiary alicyclic amines) is 1. The van der Waals surface area contributed by atoms with Gasteiger partial charge in [-0.25, -0.2) is 0 Å². The Hall–Kier alpha value is -2.37. The van der Waals surface area contributed by atoms with Crippen molar-refractivity contribution in [3.8, 4) is 0 Å². The summed E-state index contributed by atoms with van der Waals surface area (Å²) in [5.74, 6) is -0.809. The van der Waals surface area contributed by atoms with Gasteiger partial charge in [0.1, 0.15) is 12.1 Å². The van der Waals surface area contributed by atoms with Crippen LogP contribution in [0.1, 0.15) is 39.2 Å². The molecule has 2 atom stereocenters. The lowest BCUT2D eigenvalue weighted by Crippen LogP contribution is -2.54. The van der Waals surface area contributed by atoms with Crippen LogP contribution >= 0.6 is 0 Å². The number of hydrogen-bond acceptors (Lipinski definition) is 3. The molecule has 142 valence electrons. The molecule has 1 aliphatic rings. The van der Waals surface area contributed by atoms with Crippen LogP contribution in [0, 0.1) is 5.41 Å². The van der Waals surface area contributed by atoms with Crippen LogP contribution in [-0.4, -0.2) is 53.2 Å². The van der Waals surface area contributed by atoms with Crippen molar-refractivity contribution in [1.29, 1.82) is 0 Å². The molecule has 1 aromatic rings. The minimum atomic E-state index is -0.739. The van der Waals surface area contributed by atoms with E-state index in [2.05, 4.69) is 0 Å². The highest BCUT2D eigenvalue weighted by Crippen LogP contribution is 2.27. The van der Waals surface area contributed by atoms with Crippen LogP contribution in [0.4, 0.5) is 0 Å². The molecule has 0 radical (unpaired) electrons. The topological polar surface area (TPSA) is 83.7 Å². The number of likely N-dealkylation sites (N-methyl/N-ethyl adjacent to an activating group) is 1. The summed E-state index contributed by atoms with van der Waals surface area (Å²) in [6.07, 6.45) is 1.76. The quantitative estimate of drug-likeness (QED) is 0.866. The van der Waals surface area contributed by atoms with Crippen molar-refractivity contribution in [1.82, 2.24) is 9.80 Å². The Morgan fingerprint density at radius 1 is 1.23 bits per heavy atom. The SMILES string of the molecule is CN(C(=O)[C@@H]1CCCN1C(=O)C(C)(C)C)[C@@H](Cc1ccccc1)C(N)=O. The van der Waals surface area contributed by atoms with Crippen LogP contribution < -0.4 is 5.73 Å². The molecule has 6 heteroatoms. The van der Waals surface area contributed by atoms with E-state index in [1.165, 1.54) is 4.90 Å². The third kappa shape index (κ3) is 4.42. The van der Waals surface area contributed by atoms with Crippen molar-refractivity contribution in [2.24, 2.45) is 11.1 Å². The molecule has 0 saturated carbocycles. The first-order valence-electron chi connectivity index (χ1n) is 9.04. The van der Waals surface area contributed by atoms with Crippen molar-refractivity contribution in [2.75, 3.05) is 13.6 Å². The second-order valence-corrected chi connectivity index (χ2v) is 7.96. The Bertz CT molecular complexity index is 667. The Labute approximate surface area is 155 Å². The van der Waals surface area contributed by atoms with Crippen molar-refractivity contribution < 1.29 is 14.4 Å². The van der Waals surface area contributed by atoms with E-state index in [9.17, 15) is 14.4 Å². The van der Waals surface area contributed by atoms with E-state index in [1.54, 1.807) is 11.9 Å². The molecule has 0 spiro atoms. The minimum Gasteiger partial charge on any atom is -0.368 e. The average Bonchev–Trinajstić information content (AvgIpc) is 3.07. The van der Waals surface area contributed by atoms with Gasteiger partial charge in [0.05, 0.1) is 0 Å². The fourth-order valence-corrected chi connectivity index (χ4v) is 3.35. The predicted molar refractivity (Wildman–Crippen MR) is 100 cm³/mol. The van der Waals surface area contributed by atoms with E-state index >= 15 is 0 Å². The van der Waals surface area contributed by atoms with Crippen LogP contribution in [0.25, 0.3) is 0 Å². The fraction of sp³-hybridized carbons (Fsp3) is 0.550. The Morgan fingerprint density at radius 3 is 2.38 bits per heavy atom. The molecule has 1 fully saturated rings. The van der Waals surface area contributed by atoms with Gasteiger partial charge < -0.3 is 15.5 Å². The highest BCUT2D eigenvalue weighted by Gasteiger charge is 2.41. The fourth-order valence-electron chi connectivity index (χ4n) is 3.35. The number of benzene rings is 1. The van der Waals surface area contributed by atoms with Gasteiger partial charge in [-0.15, -0.1) is 0 Å². The predicted octanol–water partition coefficient (Wildman–Crippen LogP) is 1.58. The lowest BCUT2D eigenvalue weighted by molar-refractivity contribution is -0.149. The summed E-state index contributed by atoms with van der Waals surface area (Å²) >= 11 is 0. The molecule has 26 heavy (non-hydrogen) atoms. The minimum absolute atomic E-state index is 0.0413. The molecule has 6 nitrogen and oxygen atoms in total. The molecule has 1 saturated heterocycles. The summed E-state index contributed by atoms with van der Waals surface area (Å²) in [6.45, 7) is 6.11. The van der Waals surface area contributed by atoms with Crippen LogP contribution in [0.5, 0.6) is 0 Å². The number of hydrogen-bond donors (Lipinski definition) is 1. The highest BCUT2D eigenvalue weighted by molar-refractivity contribution is 5.93. The molecule has 1 heterocycles. The summed E-state index contributed by atoms with van der Waals surface area (Å²) in [4.78, 5) is 40.8. The van der Waals surface area contributed by atoms with Gasteiger partial charge in [0.2, 0.25) is 17.7 Å². The first-order chi connectivity index (χ1) is 12.1. The summed E-state index contributed by atoms with van der Waals surface area (Å²) < 4.78 is 0. The summed E-state index contributed by atoms with van der Waals surface area (Å²) in [6, 6.07) is 8.21. The smallest absolute Gasteiger partial charge is 0.245 e. The average molecular weight is 359 g/mol. The first kappa shape index (κ1) is 19.9. The van der Waals surface area contributed by atoms with Crippen LogP contribution in [0.3, 0.4) is 0 Å². The third-order valence-electron chi connectivity index (χ3n) is 4.86. The third-order valence-corrected chi connectivity index (χ3v) is 4.86. The van der Waals surface area contributed by atoms with Gasteiger partial charge in [0, 0.05) is 25.4 Å². The van der Waals surface area contributed by atoms with E-state index in [0.717, 1.165) is 12.0 Å². The monoisotopic (exact) mass is 359 g/mol. The summed E-state index contributed by atoms with van der Waals surface area (Å²) in [5, 5.41) is 0. The number of carbonyl (C=O) groups excluding carboxylic acids is 3. The van der Waals surface area contributed by atoms with Gasteiger partial charge in [-0.3, -0.25) is 14.4 Å². The molecule has 0 bridgehead atoms. The lowest BCUT2D eigenvalue weighted by atomic mass is 9.94. The van der Waals surface area contributed by atoms with Gasteiger partial charge in [0.15, 0.2) is 0 Å². The van der Waals surface area contributed by atoms with E-state index in [1.807, 2.05) is 51.1 Å². The zero-order valence-electron chi connectivity index (χ0n) is 16.1. The highest BCUT2D eigenvalue weighted by atomic mass is 16.2. The summed E-state index contributed by atoms with van der Waals surface area (Å²) in [5.41, 5.74) is 5.96. The van der Waals surface area contributed by atoms with Crippen molar-refractivity contribution in [3.05, 3.63) is 35.9 Å². The largest absolute Gasteiger partial charge is 0.368 e. The molecular formula is C20H29N3O3. The van der Waals surface area contributed by atoms with Gasteiger partial charge in [-0.2, -0.15) is 0 Å². The lowest BCUT2D eigenvalue weighted by Gasteiger charge is -2.34. The number of nitrogens with zero attached hydrogens (tertiary/aromatic N) is 2. The van der Waals surface area contributed by atoms with Gasteiger partial charge in [0.25, 0.3) is 0 Å². The molecule has 0 aliphatic carbocycles. The van der Waals surface area contributed by atoms with Crippen molar-refractivity contribution in [2.45, 2.75) is 52.1 Å². The van der Waals surface area contributed by atoms with Crippen molar-refractivity contribution in [3.63, 3.8) is 0 Å². The van der Waals surface area contributed by atoms with E-state index in [-0.39, 0.29) is 11.8 Å². The van der Waals surface area contributed by atoms with E-state index in [0.29, 0.717) is 19.4 Å². The number of primary amides is 1. The van der Waals surface area contributed by atoms with Crippen molar-refractivity contribution >= 4 is 17.7 Å². The number of nitrogens with two attached hydrogens (primary N) is 1. The van der Waals surface area contributed by atoms with E-state index < -0.39 is 23.4 Å². The maximum atomic E-state index is 13.0. The molecule has 3 amide bonds. The molecular weight excluding hydrogens is 330 g/mol. The zero-order valence-corrected chi connectivity index (χ0v) is 16.1. The molecule has 2 N–H and O–H groups in total. The normalized spacial score (nSPS) is 18.5. The number of rotatable bonds is 5. The van der Waals surface area contributed by atoms with Gasteiger partial charge in [-0.1, -0.05) is 51.1 Å².